The van der Waals surface area contributed by atoms with Gasteiger partial charge in [-0.05, 0) is 68.1 Å². The van der Waals surface area contributed by atoms with Gasteiger partial charge in [0.1, 0.15) is 5.02 Å². The van der Waals surface area contributed by atoms with Gasteiger partial charge in [0, 0.05) is 5.69 Å². The fourth-order valence-electron chi connectivity index (χ4n) is 6.46. The fourth-order valence-corrected chi connectivity index (χ4v) is 6.63. The van der Waals surface area contributed by atoms with E-state index in [0.29, 0.717) is 30.4 Å². The van der Waals surface area contributed by atoms with Crippen molar-refractivity contribution in [3.63, 3.8) is 0 Å². The largest absolute Gasteiger partial charge is 0.481 e. The number of aromatic carboxylic acids is 1. The van der Waals surface area contributed by atoms with E-state index in [4.69, 9.17) is 16.7 Å². The van der Waals surface area contributed by atoms with Crippen LogP contribution in [0.2, 0.25) is 5.02 Å². The number of anilines is 2. The van der Waals surface area contributed by atoms with Crippen LogP contribution in [0.1, 0.15) is 42.5 Å². The number of benzene rings is 1. The first-order valence-electron chi connectivity index (χ1n) is 10.4. The molecule has 4 bridgehead atoms. The Morgan fingerprint density at radius 2 is 1.87 bits per heavy atom. The van der Waals surface area contributed by atoms with Gasteiger partial charge in [-0.25, -0.2) is 9.48 Å². The summed E-state index contributed by atoms with van der Waals surface area (Å²) in [6, 6.07) is 6.14. The smallest absolute Gasteiger partial charge is 0.335 e. The first-order valence-corrected chi connectivity index (χ1v) is 10.8. The molecule has 31 heavy (non-hydrogen) atoms. The number of carboxylic acid groups (broad SMARTS) is 2. The summed E-state index contributed by atoms with van der Waals surface area (Å²) in [6.45, 7) is 0. The zero-order chi connectivity index (χ0) is 21.9. The molecule has 162 valence electrons. The molecular formula is C22H22ClN3O5. The summed E-state index contributed by atoms with van der Waals surface area (Å²) >= 11 is 6.42. The number of aromatic nitrogens is 2. The van der Waals surface area contributed by atoms with Crippen LogP contribution in [0.3, 0.4) is 0 Å². The highest BCUT2D eigenvalue weighted by Crippen LogP contribution is 2.61. The number of aliphatic carboxylic acids is 1. The zero-order valence-corrected chi connectivity index (χ0v) is 17.4. The molecule has 4 saturated carbocycles. The molecule has 1 aromatic carbocycles. The predicted octanol–water partition coefficient (Wildman–Crippen LogP) is 3.57. The van der Waals surface area contributed by atoms with E-state index in [1.54, 1.807) is 12.1 Å². The summed E-state index contributed by atoms with van der Waals surface area (Å²) in [5.74, 6) is -1.69. The molecule has 3 N–H and O–H groups in total. The molecule has 1 aromatic heterocycles. The highest BCUT2D eigenvalue weighted by Gasteiger charge is 2.61. The van der Waals surface area contributed by atoms with Gasteiger partial charge in [-0.15, -0.1) is 0 Å². The van der Waals surface area contributed by atoms with E-state index in [0.717, 1.165) is 19.3 Å². The Hall–Kier alpha value is -2.87. The molecule has 4 fully saturated rings. The van der Waals surface area contributed by atoms with Crippen molar-refractivity contribution in [2.24, 2.45) is 23.7 Å². The topological polar surface area (TPSA) is 122 Å². The minimum Gasteiger partial charge on any atom is -0.481 e. The Morgan fingerprint density at radius 3 is 2.52 bits per heavy atom. The number of nitrogens with zero attached hydrogens (tertiary/aromatic N) is 2. The van der Waals surface area contributed by atoms with E-state index >= 15 is 0 Å². The Balaban J connectivity index is 1.54. The van der Waals surface area contributed by atoms with Gasteiger partial charge in [0.2, 0.25) is 0 Å². The second-order valence-electron chi connectivity index (χ2n) is 9.13. The second kappa shape index (κ2) is 7.09. The molecule has 0 spiro atoms. The maximum absolute atomic E-state index is 13.3. The molecule has 8 nitrogen and oxygen atoms in total. The summed E-state index contributed by atoms with van der Waals surface area (Å²) in [6.07, 6.45) is 5.58. The van der Waals surface area contributed by atoms with Gasteiger partial charge in [-0.3, -0.25) is 9.59 Å². The second-order valence-corrected chi connectivity index (χ2v) is 9.51. The van der Waals surface area contributed by atoms with E-state index in [-0.39, 0.29) is 22.2 Å². The van der Waals surface area contributed by atoms with Gasteiger partial charge in [-0.2, -0.15) is 5.10 Å². The quantitative estimate of drug-likeness (QED) is 0.645. The van der Waals surface area contributed by atoms with Crippen LogP contribution in [-0.4, -0.2) is 31.9 Å². The fraction of sp³-hybridized carbons (Fsp3) is 0.455. The summed E-state index contributed by atoms with van der Waals surface area (Å²) in [5.41, 5.74) is -0.557. The molecule has 0 amide bonds. The van der Waals surface area contributed by atoms with Crippen molar-refractivity contribution in [2.45, 2.75) is 37.6 Å². The Labute approximate surface area is 182 Å². The number of hydrogen-bond acceptors (Lipinski definition) is 5. The normalized spacial score (nSPS) is 30.9. The third kappa shape index (κ3) is 3.12. The lowest BCUT2D eigenvalue weighted by atomic mass is 9.48. The van der Waals surface area contributed by atoms with Gasteiger partial charge in [-0.1, -0.05) is 17.7 Å². The summed E-state index contributed by atoms with van der Waals surface area (Å²) in [4.78, 5) is 36.7. The van der Waals surface area contributed by atoms with Crippen LogP contribution in [-0.2, 0) is 10.3 Å². The third-order valence-corrected chi connectivity index (χ3v) is 7.63. The SMILES string of the molecule is O=C(O)c1cccc(Nc2cnn(C34C[C@H]5CC(C[C@@H](C5)C3)[C@@H]4C(=O)O)c(=O)c2Cl)c1. The lowest BCUT2D eigenvalue weighted by Crippen LogP contribution is -2.63. The van der Waals surface area contributed by atoms with Crippen LogP contribution < -0.4 is 10.9 Å². The molecule has 0 aliphatic heterocycles. The molecule has 0 unspecified atom stereocenters. The van der Waals surface area contributed by atoms with Crippen LogP contribution >= 0.6 is 11.6 Å². The maximum Gasteiger partial charge on any atom is 0.335 e. The number of carbonyl (C=O) groups is 2. The highest BCUT2D eigenvalue weighted by molar-refractivity contribution is 6.33. The molecule has 0 radical (unpaired) electrons. The van der Waals surface area contributed by atoms with Crippen LogP contribution in [0.15, 0.2) is 35.3 Å². The summed E-state index contributed by atoms with van der Waals surface area (Å²) < 4.78 is 1.33. The number of carboxylic acids is 2. The van der Waals surface area contributed by atoms with E-state index in [9.17, 15) is 19.5 Å². The van der Waals surface area contributed by atoms with Gasteiger partial charge < -0.3 is 15.5 Å². The van der Waals surface area contributed by atoms with Crippen molar-refractivity contribution in [1.29, 1.82) is 0 Å². The summed E-state index contributed by atoms with van der Waals surface area (Å²) in [5, 5.41) is 26.4. The molecule has 6 rings (SSSR count). The van der Waals surface area contributed by atoms with Crippen molar-refractivity contribution in [3.8, 4) is 0 Å². The molecular weight excluding hydrogens is 422 g/mol. The number of hydrogen-bond donors (Lipinski definition) is 3. The average Bonchev–Trinajstić information content (AvgIpc) is 2.70. The lowest BCUT2D eigenvalue weighted by molar-refractivity contribution is -0.168. The maximum atomic E-state index is 13.3. The predicted molar refractivity (Wildman–Crippen MR) is 113 cm³/mol. The van der Waals surface area contributed by atoms with E-state index in [1.807, 2.05) is 0 Å². The standard InChI is InChI=1S/C22H22ClN3O5/c23-18-16(25-15-3-1-2-13(7-15)20(28)29)10-24-26(19(18)27)22-8-11-4-12(9-22)6-14(5-11)17(22)21(30)31/h1-3,7,10-12,14,17,25H,4-6,8-9H2,(H,28,29)(H,30,31)/t11-,12-,14?,17-,22?/m1/s1. The average molecular weight is 444 g/mol. The molecule has 4 aliphatic rings. The molecule has 3 atom stereocenters. The molecule has 1 heterocycles. The van der Waals surface area contributed by atoms with Gasteiger partial charge in [0.05, 0.1) is 28.9 Å². The first-order chi connectivity index (χ1) is 14.8. The van der Waals surface area contributed by atoms with Crippen molar-refractivity contribution < 1.29 is 19.8 Å². The molecule has 0 saturated heterocycles. The first kappa shape index (κ1) is 20.1. The van der Waals surface area contributed by atoms with Crippen molar-refractivity contribution in [3.05, 3.63) is 51.4 Å². The van der Waals surface area contributed by atoms with E-state index < -0.39 is 29.0 Å². The van der Waals surface area contributed by atoms with Crippen molar-refractivity contribution in [1.82, 2.24) is 9.78 Å². The number of rotatable bonds is 5. The van der Waals surface area contributed by atoms with Gasteiger partial charge in [0.25, 0.3) is 5.56 Å². The monoisotopic (exact) mass is 443 g/mol. The van der Waals surface area contributed by atoms with Crippen molar-refractivity contribution in [2.75, 3.05) is 5.32 Å². The van der Waals surface area contributed by atoms with Crippen LogP contribution in [0.4, 0.5) is 11.4 Å². The minimum atomic E-state index is -1.06. The van der Waals surface area contributed by atoms with Crippen LogP contribution in [0, 0.1) is 23.7 Å². The van der Waals surface area contributed by atoms with Gasteiger partial charge >= 0.3 is 11.9 Å². The minimum absolute atomic E-state index is 0.0628. The van der Waals surface area contributed by atoms with Crippen molar-refractivity contribution >= 4 is 34.9 Å². The lowest BCUT2D eigenvalue weighted by Gasteiger charge is -2.59. The van der Waals surface area contributed by atoms with Crippen LogP contribution in [0.5, 0.6) is 0 Å². The molecule has 4 aliphatic carbocycles. The number of halogens is 1. The Kier molecular flexibility index (Phi) is 4.58. The summed E-state index contributed by atoms with van der Waals surface area (Å²) in [7, 11) is 0. The number of nitrogens with one attached hydrogen (secondary N) is 1. The van der Waals surface area contributed by atoms with Gasteiger partial charge in [0.15, 0.2) is 0 Å². The Bertz CT molecular complexity index is 1130. The Morgan fingerprint density at radius 1 is 1.16 bits per heavy atom. The molecule has 9 heteroatoms. The van der Waals surface area contributed by atoms with Crippen LogP contribution in [0.25, 0.3) is 0 Å². The third-order valence-electron chi connectivity index (χ3n) is 7.27. The zero-order valence-electron chi connectivity index (χ0n) is 16.6. The van der Waals surface area contributed by atoms with E-state index in [2.05, 4.69) is 10.4 Å². The molecule has 2 aromatic rings. The van der Waals surface area contributed by atoms with E-state index in [1.165, 1.54) is 23.0 Å². The highest BCUT2D eigenvalue weighted by atomic mass is 35.5.